The maximum absolute atomic E-state index is 11.0. The number of nitrogens with zero attached hydrogens (tertiary/aromatic N) is 2. The molecule has 0 unspecified atom stereocenters. The molecule has 0 atom stereocenters. The van der Waals surface area contributed by atoms with Crippen LogP contribution in [0.4, 0.5) is 17.2 Å². The number of nitrogen functional groups attached to an aromatic ring is 1. The number of pyridine rings is 1. The molecule has 0 aliphatic rings. The first kappa shape index (κ1) is 13.6. The number of hydrogen-bond donors (Lipinski definition) is 3. The van der Waals surface area contributed by atoms with Gasteiger partial charge in [-0.1, -0.05) is 11.6 Å². The number of carboxylic acids is 1. The number of nitriles is 1. The number of hydrogen-bond acceptors (Lipinski definition) is 5. The third-order valence-electron chi connectivity index (χ3n) is 2.57. The standard InChI is InChI=1S/C13H9ClN4O2/c14-9-2-1-7(6-15)5-10(9)18-12-11(16)8(13(19)20)3-4-17-12/h1-5H,16H2,(H,17,18)(H,19,20). The zero-order valence-electron chi connectivity index (χ0n) is 10.1. The normalized spacial score (nSPS) is 9.80. The molecule has 0 aliphatic carbocycles. The molecule has 6 nitrogen and oxygen atoms in total. The van der Waals surface area contributed by atoms with Gasteiger partial charge in [-0.15, -0.1) is 0 Å². The van der Waals surface area contributed by atoms with Gasteiger partial charge >= 0.3 is 5.97 Å². The molecule has 1 aromatic carbocycles. The lowest BCUT2D eigenvalue weighted by Crippen LogP contribution is -2.07. The van der Waals surface area contributed by atoms with Gasteiger partial charge in [-0.05, 0) is 24.3 Å². The fourth-order valence-corrected chi connectivity index (χ4v) is 1.74. The maximum Gasteiger partial charge on any atom is 0.337 e. The van der Waals surface area contributed by atoms with E-state index >= 15 is 0 Å². The highest BCUT2D eigenvalue weighted by molar-refractivity contribution is 6.33. The van der Waals surface area contributed by atoms with E-state index in [9.17, 15) is 4.79 Å². The van der Waals surface area contributed by atoms with Crippen LogP contribution in [0.15, 0.2) is 30.5 Å². The second-order valence-corrected chi connectivity index (χ2v) is 4.26. The van der Waals surface area contributed by atoms with Crippen LogP contribution in [0.1, 0.15) is 15.9 Å². The predicted octanol–water partition coefficient (Wildman–Crippen LogP) is 2.63. The lowest BCUT2D eigenvalue weighted by molar-refractivity contribution is 0.0698. The summed E-state index contributed by atoms with van der Waals surface area (Å²) >= 11 is 6.00. The van der Waals surface area contributed by atoms with E-state index in [1.54, 1.807) is 12.1 Å². The van der Waals surface area contributed by atoms with E-state index in [2.05, 4.69) is 10.3 Å². The molecule has 20 heavy (non-hydrogen) atoms. The SMILES string of the molecule is N#Cc1ccc(Cl)c(Nc2nccc(C(=O)O)c2N)c1. The van der Waals surface area contributed by atoms with Crippen molar-refractivity contribution in [1.29, 1.82) is 5.26 Å². The van der Waals surface area contributed by atoms with E-state index in [0.717, 1.165) is 0 Å². The molecule has 0 fully saturated rings. The molecule has 0 bridgehead atoms. The van der Waals surface area contributed by atoms with Crippen molar-refractivity contribution in [3.8, 4) is 6.07 Å². The number of anilines is 3. The van der Waals surface area contributed by atoms with E-state index in [4.69, 9.17) is 27.7 Å². The van der Waals surface area contributed by atoms with Crippen LogP contribution in [-0.4, -0.2) is 16.1 Å². The Hall–Kier alpha value is -2.78. The van der Waals surface area contributed by atoms with Crippen LogP contribution in [0, 0.1) is 11.3 Å². The number of rotatable bonds is 3. The first-order valence-electron chi connectivity index (χ1n) is 5.47. The second kappa shape index (κ2) is 5.47. The van der Waals surface area contributed by atoms with Crippen molar-refractivity contribution in [2.75, 3.05) is 11.1 Å². The van der Waals surface area contributed by atoms with Crippen LogP contribution in [0.2, 0.25) is 5.02 Å². The van der Waals surface area contributed by atoms with Crippen LogP contribution < -0.4 is 11.1 Å². The molecule has 1 aromatic heterocycles. The lowest BCUT2D eigenvalue weighted by Gasteiger charge is -2.11. The Bertz CT molecular complexity index is 725. The lowest BCUT2D eigenvalue weighted by atomic mass is 10.2. The van der Waals surface area contributed by atoms with E-state index < -0.39 is 5.97 Å². The number of nitrogens with one attached hydrogen (secondary N) is 1. The minimum Gasteiger partial charge on any atom is -0.478 e. The van der Waals surface area contributed by atoms with Crippen LogP contribution in [0.3, 0.4) is 0 Å². The molecule has 0 saturated heterocycles. The molecular weight excluding hydrogens is 280 g/mol. The Morgan fingerprint density at radius 3 is 2.85 bits per heavy atom. The second-order valence-electron chi connectivity index (χ2n) is 3.86. The molecular formula is C13H9ClN4O2. The van der Waals surface area contributed by atoms with Crippen molar-refractivity contribution in [2.24, 2.45) is 0 Å². The van der Waals surface area contributed by atoms with Crippen LogP contribution in [-0.2, 0) is 0 Å². The smallest absolute Gasteiger partial charge is 0.337 e. The summed E-state index contributed by atoms with van der Waals surface area (Å²) in [6, 6.07) is 7.93. The van der Waals surface area contributed by atoms with E-state index in [-0.39, 0.29) is 17.1 Å². The van der Waals surface area contributed by atoms with E-state index in [1.165, 1.54) is 18.3 Å². The monoisotopic (exact) mass is 288 g/mol. The summed E-state index contributed by atoms with van der Waals surface area (Å²) in [5.41, 5.74) is 6.51. The Kier molecular flexibility index (Phi) is 3.73. The van der Waals surface area contributed by atoms with Crippen LogP contribution in [0.5, 0.6) is 0 Å². The first-order valence-corrected chi connectivity index (χ1v) is 5.85. The zero-order valence-corrected chi connectivity index (χ0v) is 10.8. The molecule has 0 spiro atoms. The number of benzene rings is 1. The van der Waals surface area contributed by atoms with Gasteiger partial charge in [-0.3, -0.25) is 0 Å². The topological polar surface area (TPSA) is 112 Å². The van der Waals surface area contributed by atoms with Gasteiger partial charge in [0.1, 0.15) is 0 Å². The number of carboxylic acid groups (broad SMARTS) is 1. The molecule has 4 N–H and O–H groups in total. The molecule has 100 valence electrons. The Balaban J connectivity index is 2.43. The fraction of sp³-hybridized carbons (Fsp3) is 0. The molecule has 2 aromatic rings. The quantitative estimate of drug-likeness (QED) is 0.800. The minimum absolute atomic E-state index is 0.00146. The minimum atomic E-state index is -1.15. The zero-order chi connectivity index (χ0) is 14.7. The summed E-state index contributed by atoms with van der Waals surface area (Å²) in [6.07, 6.45) is 1.32. The molecule has 2 rings (SSSR count). The van der Waals surface area contributed by atoms with Gasteiger partial charge in [-0.2, -0.15) is 5.26 Å². The van der Waals surface area contributed by atoms with E-state index in [0.29, 0.717) is 16.3 Å². The van der Waals surface area contributed by atoms with Crippen molar-refractivity contribution in [1.82, 2.24) is 4.98 Å². The summed E-state index contributed by atoms with van der Waals surface area (Å²) in [7, 11) is 0. The van der Waals surface area contributed by atoms with Gasteiger partial charge in [-0.25, -0.2) is 9.78 Å². The average molecular weight is 289 g/mol. The number of carbonyl (C=O) groups is 1. The van der Waals surface area contributed by atoms with Crippen molar-refractivity contribution in [3.63, 3.8) is 0 Å². The van der Waals surface area contributed by atoms with Crippen LogP contribution in [0.25, 0.3) is 0 Å². The summed E-state index contributed by atoms with van der Waals surface area (Å²) in [5.74, 6) is -0.980. The molecule has 0 amide bonds. The van der Waals surface area contributed by atoms with Crippen LogP contribution >= 0.6 is 11.6 Å². The van der Waals surface area contributed by atoms with Gasteiger partial charge in [0.2, 0.25) is 0 Å². The average Bonchev–Trinajstić information content (AvgIpc) is 2.43. The summed E-state index contributed by atoms with van der Waals surface area (Å²) in [6.45, 7) is 0. The van der Waals surface area contributed by atoms with Gasteiger partial charge < -0.3 is 16.2 Å². The summed E-state index contributed by atoms with van der Waals surface area (Å²) < 4.78 is 0. The summed E-state index contributed by atoms with van der Waals surface area (Å²) in [4.78, 5) is 15.0. The molecule has 0 saturated carbocycles. The Morgan fingerprint density at radius 1 is 1.45 bits per heavy atom. The number of aromatic nitrogens is 1. The van der Waals surface area contributed by atoms with Gasteiger partial charge in [0.15, 0.2) is 5.82 Å². The summed E-state index contributed by atoms with van der Waals surface area (Å²) in [5, 5.41) is 21.0. The highest BCUT2D eigenvalue weighted by atomic mass is 35.5. The molecule has 7 heteroatoms. The Morgan fingerprint density at radius 2 is 2.20 bits per heavy atom. The van der Waals surface area contributed by atoms with Crippen molar-refractivity contribution in [3.05, 3.63) is 46.6 Å². The largest absolute Gasteiger partial charge is 0.478 e. The van der Waals surface area contributed by atoms with Crippen molar-refractivity contribution < 1.29 is 9.90 Å². The highest BCUT2D eigenvalue weighted by Crippen LogP contribution is 2.29. The van der Waals surface area contributed by atoms with Gasteiger partial charge in [0.25, 0.3) is 0 Å². The van der Waals surface area contributed by atoms with E-state index in [1.807, 2.05) is 6.07 Å². The molecule has 0 radical (unpaired) electrons. The maximum atomic E-state index is 11.0. The van der Waals surface area contributed by atoms with Crippen molar-refractivity contribution in [2.45, 2.75) is 0 Å². The number of nitrogens with two attached hydrogens (primary N) is 1. The molecule has 0 aliphatic heterocycles. The van der Waals surface area contributed by atoms with Gasteiger partial charge in [0, 0.05) is 6.20 Å². The molecule has 1 heterocycles. The first-order chi connectivity index (χ1) is 9.52. The highest BCUT2D eigenvalue weighted by Gasteiger charge is 2.13. The van der Waals surface area contributed by atoms with Gasteiger partial charge in [0.05, 0.1) is 33.6 Å². The third kappa shape index (κ3) is 2.63. The predicted molar refractivity (Wildman–Crippen MR) is 75.1 cm³/mol. The number of halogens is 1. The third-order valence-corrected chi connectivity index (χ3v) is 2.90. The number of aromatic carboxylic acids is 1. The van der Waals surface area contributed by atoms with Crippen molar-refractivity contribution >= 4 is 34.8 Å². The fourth-order valence-electron chi connectivity index (χ4n) is 1.58. The Labute approximate surface area is 119 Å².